The molecular weight excluding hydrogens is 358 g/mol. The van der Waals surface area contributed by atoms with Crippen molar-refractivity contribution in [3.05, 3.63) is 12.3 Å². The summed E-state index contributed by atoms with van der Waals surface area (Å²) < 4.78 is 21.1. The van der Waals surface area contributed by atoms with Gasteiger partial charge in [0, 0.05) is 13.0 Å². The quantitative estimate of drug-likeness (QED) is 0.235. The summed E-state index contributed by atoms with van der Waals surface area (Å²) in [5.41, 5.74) is 0. The second-order valence-electron chi connectivity index (χ2n) is 4.25. The smallest absolute Gasteiger partial charge is 0.230 e. The number of hydrogen-bond acceptors (Lipinski definition) is 6. The summed E-state index contributed by atoms with van der Waals surface area (Å²) in [4.78, 5) is 10.9. The fourth-order valence-electron chi connectivity index (χ4n) is 1.26. The average Bonchev–Trinajstić information content (AvgIpc) is 2.50. The highest BCUT2D eigenvalue weighted by molar-refractivity contribution is 9.09. The number of aliphatic hydroxyl groups excluding tert-OH is 1. The first-order valence-electron chi connectivity index (χ1n) is 7.17. The molecule has 130 valence electrons. The Bertz CT molecular complexity index is 291. The molecular formula is C14H26BrNO6. The van der Waals surface area contributed by atoms with Crippen molar-refractivity contribution < 1.29 is 28.8 Å². The molecule has 22 heavy (non-hydrogen) atoms. The molecule has 0 aromatic heterocycles. The number of rotatable bonds is 16. The SMILES string of the molecule is C=C(O)CCOCCOCCOCCOCCNC(=O)CBr. The minimum absolute atomic E-state index is 0.0535. The number of amides is 1. The molecule has 0 fully saturated rings. The molecule has 0 bridgehead atoms. The van der Waals surface area contributed by atoms with E-state index >= 15 is 0 Å². The number of alkyl halides is 1. The zero-order chi connectivity index (χ0) is 16.5. The van der Waals surface area contributed by atoms with E-state index in [-0.39, 0.29) is 11.7 Å². The molecule has 0 atom stereocenters. The Kier molecular flexibility index (Phi) is 16.2. The van der Waals surface area contributed by atoms with Crippen molar-refractivity contribution in [3.63, 3.8) is 0 Å². The summed E-state index contributed by atoms with van der Waals surface area (Å²) in [6.45, 7) is 7.72. The lowest BCUT2D eigenvalue weighted by atomic mass is 10.4. The Hall–Kier alpha value is -0.670. The van der Waals surface area contributed by atoms with Crippen LogP contribution in [0.4, 0.5) is 0 Å². The number of aliphatic hydroxyl groups is 1. The van der Waals surface area contributed by atoms with Gasteiger partial charge in [-0.3, -0.25) is 4.79 Å². The topological polar surface area (TPSA) is 86.2 Å². The third-order valence-electron chi connectivity index (χ3n) is 2.34. The molecule has 8 heteroatoms. The molecule has 0 aliphatic carbocycles. The van der Waals surface area contributed by atoms with Gasteiger partial charge in [-0.25, -0.2) is 0 Å². The predicted octanol–water partition coefficient (Wildman–Crippen LogP) is 1.03. The zero-order valence-corrected chi connectivity index (χ0v) is 14.4. The Morgan fingerprint density at radius 1 is 0.909 bits per heavy atom. The van der Waals surface area contributed by atoms with E-state index in [2.05, 4.69) is 27.8 Å². The van der Waals surface area contributed by atoms with Gasteiger partial charge in [0.1, 0.15) is 0 Å². The van der Waals surface area contributed by atoms with Gasteiger partial charge in [-0.15, -0.1) is 0 Å². The van der Waals surface area contributed by atoms with Gasteiger partial charge in [-0.1, -0.05) is 22.5 Å². The number of halogens is 1. The lowest BCUT2D eigenvalue weighted by molar-refractivity contribution is -0.118. The maximum atomic E-state index is 10.9. The normalized spacial score (nSPS) is 10.6. The zero-order valence-electron chi connectivity index (χ0n) is 12.9. The number of carbonyl (C=O) groups excluding carboxylic acids is 1. The standard InChI is InChI=1S/C14H26BrNO6/c1-13(17)2-4-19-6-8-21-10-11-22-9-7-20-5-3-16-14(18)12-15/h17H,1-12H2,(H,16,18). The van der Waals surface area contributed by atoms with Crippen LogP contribution < -0.4 is 5.32 Å². The number of nitrogens with one attached hydrogen (secondary N) is 1. The van der Waals surface area contributed by atoms with Gasteiger partial charge in [0.2, 0.25) is 5.91 Å². The lowest BCUT2D eigenvalue weighted by Crippen LogP contribution is -2.28. The van der Waals surface area contributed by atoms with Crippen molar-refractivity contribution in [3.8, 4) is 0 Å². The van der Waals surface area contributed by atoms with Crippen molar-refractivity contribution in [2.75, 3.05) is 64.7 Å². The summed E-state index contributed by atoms with van der Waals surface area (Å²) in [5, 5.41) is 11.8. The molecule has 0 spiro atoms. The summed E-state index contributed by atoms with van der Waals surface area (Å²) >= 11 is 3.06. The minimum Gasteiger partial charge on any atom is -0.513 e. The second-order valence-corrected chi connectivity index (χ2v) is 4.81. The van der Waals surface area contributed by atoms with E-state index in [0.717, 1.165) is 0 Å². The van der Waals surface area contributed by atoms with Crippen molar-refractivity contribution in [2.45, 2.75) is 6.42 Å². The Labute approximate surface area is 140 Å². The van der Waals surface area contributed by atoms with Crippen LogP contribution in [0.15, 0.2) is 12.3 Å². The molecule has 0 heterocycles. The molecule has 0 aromatic rings. The fourth-order valence-corrected chi connectivity index (χ4v) is 1.46. The molecule has 0 aliphatic heterocycles. The summed E-state index contributed by atoms with van der Waals surface area (Å²) in [5.74, 6) is 0.0734. The van der Waals surface area contributed by atoms with Gasteiger partial charge >= 0.3 is 0 Å². The molecule has 0 aliphatic rings. The van der Waals surface area contributed by atoms with Crippen molar-refractivity contribution in [1.82, 2.24) is 5.32 Å². The minimum atomic E-state index is -0.0535. The third kappa shape index (κ3) is 17.4. The largest absolute Gasteiger partial charge is 0.513 e. The van der Waals surface area contributed by atoms with Crippen LogP contribution in [-0.2, 0) is 23.7 Å². The van der Waals surface area contributed by atoms with Gasteiger partial charge in [-0.05, 0) is 0 Å². The van der Waals surface area contributed by atoms with Crippen LogP contribution in [0.25, 0.3) is 0 Å². The predicted molar refractivity (Wildman–Crippen MR) is 86.5 cm³/mol. The summed E-state index contributed by atoms with van der Waals surface area (Å²) in [6.07, 6.45) is 0.447. The lowest BCUT2D eigenvalue weighted by Gasteiger charge is -2.07. The van der Waals surface area contributed by atoms with Crippen molar-refractivity contribution >= 4 is 21.8 Å². The summed E-state index contributed by atoms with van der Waals surface area (Å²) in [6, 6.07) is 0. The fraction of sp³-hybridized carbons (Fsp3) is 0.786. The van der Waals surface area contributed by atoms with Gasteiger partial charge < -0.3 is 29.4 Å². The molecule has 1 amide bonds. The third-order valence-corrected chi connectivity index (χ3v) is 2.85. The molecule has 0 saturated carbocycles. The van der Waals surface area contributed by atoms with Crippen LogP contribution in [0.1, 0.15) is 6.42 Å². The maximum absolute atomic E-state index is 10.9. The average molecular weight is 384 g/mol. The molecule has 0 unspecified atom stereocenters. The Morgan fingerprint density at radius 2 is 1.36 bits per heavy atom. The second kappa shape index (κ2) is 16.7. The van der Waals surface area contributed by atoms with Crippen LogP contribution in [0, 0.1) is 0 Å². The first-order chi connectivity index (χ1) is 10.7. The van der Waals surface area contributed by atoms with Crippen LogP contribution in [-0.4, -0.2) is 75.7 Å². The van der Waals surface area contributed by atoms with E-state index in [0.29, 0.717) is 71.2 Å². The highest BCUT2D eigenvalue weighted by atomic mass is 79.9. The summed E-state index contributed by atoms with van der Waals surface area (Å²) in [7, 11) is 0. The Balaban J connectivity index is 3.02. The van der Waals surface area contributed by atoms with Crippen LogP contribution in [0.2, 0.25) is 0 Å². The molecule has 7 nitrogen and oxygen atoms in total. The monoisotopic (exact) mass is 383 g/mol. The van der Waals surface area contributed by atoms with Crippen molar-refractivity contribution in [2.24, 2.45) is 0 Å². The van der Waals surface area contributed by atoms with E-state index in [1.165, 1.54) is 0 Å². The maximum Gasteiger partial charge on any atom is 0.230 e. The van der Waals surface area contributed by atoms with E-state index in [9.17, 15) is 4.79 Å². The molecule has 0 rings (SSSR count). The van der Waals surface area contributed by atoms with E-state index in [1.54, 1.807) is 0 Å². The highest BCUT2D eigenvalue weighted by Crippen LogP contribution is 1.91. The van der Waals surface area contributed by atoms with Crippen LogP contribution >= 0.6 is 15.9 Å². The number of ether oxygens (including phenoxy) is 4. The van der Waals surface area contributed by atoms with Gasteiger partial charge in [0.05, 0.1) is 63.9 Å². The van der Waals surface area contributed by atoms with Crippen molar-refractivity contribution in [1.29, 1.82) is 0 Å². The number of hydrogen-bond donors (Lipinski definition) is 2. The van der Waals surface area contributed by atoms with E-state index in [1.807, 2.05) is 0 Å². The first-order valence-corrected chi connectivity index (χ1v) is 8.29. The molecule has 0 saturated heterocycles. The van der Waals surface area contributed by atoms with Crippen LogP contribution in [0.3, 0.4) is 0 Å². The number of carbonyl (C=O) groups is 1. The van der Waals surface area contributed by atoms with Gasteiger partial charge in [0.25, 0.3) is 0 Å². The van der Waals surface area contributed by atoms with Crippen LogP contribution in [0.5, 0.6) is 0 Å². The molecule has 0 aromatic carbocycles. The van der Waals surface area contributed by atoms with E-state index < -0.39 is 0 Å². The molecule has 0 radical (unpaired) electrons. The van der Waals surface area contributed by atoms with Gasteiger partial charge in [0.15, 0.2) is 0 Å². The van der Waals surface area contributed by atoms with Gasteiger partial charge in [-0.2, -0.15) is 0 Å². The first kappa shape index (κ1) is 21.3. The Morgan fingerprint density at radius 3 is 1.82 bits per heavy atom. The molecule has 2 N–H and O–H groups in total. The highest BCUT2D eigenvalue weighted by Gasteiger charge is 1.96. The van der Waals surface area contributed by atoms with E-state index in [4.69, 9.17) is 24.1 Å².